The highest BCUT2D eigenvalue weighted by Gasteiger charge is 2.36. The molecule has 1 unspecified atom stereocenters. The molecule has 1 aliphatic rings. The number of nitrogens with zero attached hydrogens (tertiary/aromatic N) is 3. The van der Waals surface area contributed by atoms with Crippen molar-refractivity contribution in [1.82, 2.24) is 4.90 Å². The third-order valence-corrected chi connectivity index (χ3v) is 4.70. The molecule has 0 radical (unpaired) electrons. The summed E-state index contributed by atoms with van der Waals surface area (Å²) in [5, 5.41) is 20.9. The zero-order valence-corrected chi connectivity index (χ0v) is 14.7. The maximum atomic E-state index is 12.8. The van der Waals surface area contributed by atoms with E-state index < -0.39 is 22.8 Å². The molecule has 0 aliphatic carbocycles. The van der Waals surface area contributed by atoms with Crippen LogP contribution in [0.15, 0.2) is 48.5 Å². The van der Waals surface area contributed by atoms with Gasteiger partial charge in [0, 0.05) is 19.7 Å². The molecule has 140 valence electrons. The van der Waals surface area contributed by atoms with E-state index in [2.05, 4.69) is 0 Å². The Labute approximate surface area is 155 Å². The number of hydrogen-bond acceptors (Lipinski definition) is 5. The molecule has 1 aliphatic heterocycles. The molecule has 1 amide bonds. The van der Waals surface area contributed by atoms with Gasteiger partial charge in [0.05, 0.1) is 11.5 Å². The second-order valence-corrected chi connectivity index (χ2v) is 6.38. The first-order valence-corrected chi connectivity index (χ1v) is 8.44. The summed E-state index contributed by atoms with van der Waals surface area (Å²) >= 11 is 0. The molecule has 0 saturated carbocycles. The highest BCUT2D eigenvalue weighted by atomic mass is 16.6. The normalized spacial score (nSPS) is 15.7. The molecule has 2 aromatic rings. The molecule has 3 rings (SSSR count). The van der Waals surface area contributed by atoms with Crippen LogP contribution in [0.25, 0.3) is 0 Å². The number of nitro groups is 1. The topological polar surface area (TPSA) is 104 Å². The number of carbonyl (C=O) groups excluding carboxylic acids is 1. The summed E-state index contributed by atoms with van der Waals surface area (Å²) in [5.41, 5.74) is 1.73. The predicted molar refractivity (Wildman–Crippen MR) is 98.6 cm³/mol. The number of aliphatic carboxylic acids is 1. The van der Waals surface area contributed by atoms with Crippen LogP contribution in [0.1, 0.15) is 17.2 Å². The highest BCUT2D eigenvalue weighted by Crippen LogP contribution is 2.31. The fraction of sp³-hybridized carbons (Fsp3) is 0.263. The second-order valence-electron chi connectivity index (χ2n) is 6.38. The molecule has 0 fully saturated rings. The van der Waals surface area contributed by atoms with Crippen LogP contribution in [0.4, 0.5) is 11.4 Å². The minimum atomic E-state index is -1.09. The van der Waals surface area contributed by atoms with Gasteiger partial charge in [0.15, 0.2) is 6.04 Å². The first kappa shape index (κ1) is 18.4. The summed E-state index contributed by atoms with van der Waals surface area (Å²) in [6.45, 7) is 0.133. The lowest BCUT2D eigenvalue weighted by molar-refractivity contribution is -0.384. The van der Waals surface area contributed by atoms with Gasteiger partial charge in [-0.1, -0.05) is 36.4 Å². The standard InChI is InChI=1S/C19H19N3O5/c1-20(15-8-4-5-9-16(15)22(26)27)12-17(23)21-11-10-13-6-2-3-7-14(13)18(21)19(24)25/h2-9,18H,10-12H2,1H3,(H,24,25). The van der Waals surface area contributed by atoms with E-state index in [0.29, 0.717) is 17.7 Å². The van der Waals surface area contributed by atoms with Gasteiger partial charge in [-0.25, -0.2) is 4.79 Å². The third-order valence-electron chi connectivity index (χ3n) is 4.70. The Bertz CT molecular complexity index is 898. The fourth-order valence-electron chi connectivity index (χ4n) is 3.42. The minimum Gasteiger partial charge on any atom is -0.479 e. The number of carbonyl (C=O) groups is 2. The van der Waals surface area contributed by atoms with Crippen molar-refractivity contribution in [3.05, 3.63) is 69.8 Å². The molecule has 8 nitrogen and oxygen atoms in total. The van der Waals surface area contributed by atoms with Gasteiger partial charge in [-0.2, -0.15) is 0 Å². The van der Waals surface area contributed by atoms with Gasteiger partial charge in [0.25, 0.3) is 5.69 Å². The SMILES string of the molecule is CN(CC(=O)N1CCc2ccccc2C1C(=O)O)c1ccccc1[N+](=O)[O-]. The van der Waals surface area contributed by atoms with Gasteiger partial charge in [0.2, 0.25) is 5.91 Å². The second kappa shape index (κ2) is 7.45. The van der Waals surface area contributed by atoms with Crippen LogP contribution in [0.3, 0.4) is 0 Å². The molecular weight excluding hydrogens is 350 g/mol. The quantitative estimate of drug-likeness (QED) is 0.640. The van der Waals surface area contributed by atoms with E-state index in [9.17, 15) is 24.8 Å². The Hall–Kier alpha value is -3.42. The third kappa shape index (κ3) is 3.59. The zero-order valence-electron chi connectivity index (χ0n) is 14.7. The zero-order chi connectivity index (χ0) is 19.6. The smallest absolute Gasteiger partial charge is 0.331 e. The average molecular weight is 369 g/mol. The van der Waals surface area contributed by atoms with Gasteiger partial charge in [0.1, 0.15) is 5.69 Å². The molecule has 1 N–H and O–H groups in total. The number of anilines is 1. The fourth-order valence-corrected chi connectivity index (χ4v) is 3.42. The van der Waals surface area contributed by atoms with E-state index in [1.54, 1.807) is 37.4 Å². The van der Waals surface area contributed by atoms with E-state index in [4.69, 9.17) is 0 Å². The number of hydrogen-bond donors (Lipinski definition) is 1. The molecule has 27 heavy (non-hydrogen) atoms. The Morgan fingerprint density at radius 3 is 2.59 bits per heavy atom. The van der Waals surface area contributed by atoms with Crippen molar-refractivity contribution in [3.63, 3.8) is 0 Å². The molecule has 8 heteroatoms. The Balaban J connectivity index is 1.84. The number of nitro benzene ring substituents is 1. The Kier molecular flexibility index (Phi) is 5.07. The number of carboxylic acids is 1. The molecule has 0 bridgehead atoms. The molecular formula is C19H19N3O5. The number of carboxylic acid groups (broad SMARTS) is 1. The summed E-state index contributed by atoms with van der Waals surface area (Å²) in [4.78, 5) is 38.2. The summed E-state index contributed by atoms with van der Waals surface area (Å²) in [6.07, 6.45) is 0.570. The summed E-state index contributed by atoms with van der Waals surface area (Å²) in [5.74, 6) is -1.48. The number of rotatable bonds is 5. The summed E-state index contributed by atoms with van der Waals surface area (Å²) in [7, 11) is 1.58. The van der Waals surface area contributed by atoms with Crippen molar-refractivity contribution < 1.29 is 19.6 Å². The van der Waals surface area contributed by atoms with Crippen LogP contribution in [-0.2, 0) is 16.0 Å². The molecule has 0 saturated heterocycles. The van der Waals surface area contributed by atoms with E-state index in [0.717, 1.165) is 5.56 Å². The van der Waals surface area contributed by atoms with Crippen LogP contribution < -0.4 is 4.90 Å². The van der Waals surface area contributed by atoms with Crippen molar-refractivity contribution in [2.75, 3.05) is 25.0 Å². The lowest BCUT2D eigenvalue weighted by Crippen LogP contribution is -2.47. The van der Waals surface area contributed by atoms with Crippen LogP contribution in [0.5, 0.6) is 0 Å². The monoisotopic (exact) mass is 369 g/mol. The highest BCUT2D eigenvalue weighted by molar-refractivity contribution is 5.88. The van der Waals surface area contributed by atoms with Crippen LogP contribution in [0.2, 0.25) is 0 Å². The molecule has 1 atom stereocenters. The molecule has 1 heterocycles. The van der Waals surface area contributed by atoms with Crippen LogP contribution in [0, 0.1) is 10.1 Å². The van der Waals surface area contributed by atoms with Crippen molar-refractivity contribution in [2.45, 2.75) is 12.5 Å². The van der Waals surface area contributed by atoms with E-state index in [-0.39, 0.29) is 18.8 Å². The number of para-hydroxylation sites is 2. The number of benzene rings is 2. The maximum Gasteiger partial charge on any atom is 0.331 e. The Morgan fingerprint density at radius 1 is 1.22 bits per heavy atom. The van der Waals surface area contributed by atoms with Gasteiger partial charge in [-0.05, 0) is 23.6 Å². The van der Waals surface area contributed by atoms with Crippen LogP contribution >= 0.6 is 0 Å². The van der Waals surface area contributed by atoms with Gasteiger partial charge in [-0.3, -0.25) is 14.9 Å². The first-order valence-electron chi connectivity index (χ1n) is 8.44. The maximum absolute atomic E-state index is 12.8. The van der Waals surface area contributed by atoms with Gasteiger partial charge < -0.3 is 14.9 Å². The number of fused-ring (bicyclic) bond motifs is 1. The van der Waals surface area contributed by atoms with E-state index in [1.165, 1.54) is 15.9 Å². The minimum absolute atomic E-state index is 0.105. The lowest BCUT2D eigenvalue weighted by Gasteiger charge is -2.35. The van der Waals surface area contributed by atoms with Gasteiger partial charge in [-0.15, -0.1) is 0 Å². The van der Waals surface area contributed by atoms with Crippen molar-refractivity contribution >= 4 is 23.3 Å². The van der Waals surface area contributed by atoms with Gasteiger partial charge >= 0.3 is 5.97 Å². The molecule has 2 aromatic carbocycles. The molecule has 0 spiro atoms. The van der Waals surface area contributed by atoms with E-state index >= 15 is 0 Å². The van der Waals surface area contributed by atoms with Crippen LogP contribution in [-0.4, -0.2) is 46.9 Å². The number of likely N-dealkylation sites (N-methyl/N-ethyl adjacent to an activating group) is 1. The van der Waals surface area contributed by atoms with Crippen molar-refractivity contribution in [2.24, 2.45) is 0 Å². The summed E-state index contributed by atoms with van der Waals surface area (Å²) in [6, 6.07) is 12.3. The Morgan fingerprint density at radius 2 is 1.89 bits per heavy atom. The van der Waals surface area contributed by atoms with Crippen molar-refractivity contribution in [3.8, 4) is 0 Å². The molecule has 0 aromatic heterocycles. The predicted octanol–water partition coefficient (Wildman–Crippen LogP) is 2.24. The summed E-state index contributed by atoms with van der Waals surface area (Å²) < 4.78 is 0. The van der Waals surface area contributed by atoms with E-state index in [1.807, 2.05) is 12.1 Å². The average Bonchev–Trinajstić information content (AvgIpc) is 2.66. The largest absolute Gasteiger partial charge is 0.479 e. The lowest BCUT2D eigenvalue weighted by atomic mass is 9.92. The first-order chi connectivity index (χ1) is 12.9. The number of amides is 1. The van der Waals surface area contributed by atoms with Crippen molar-refractivity contribution in [1.29, 1.82) is 0 Å².